The minimum atomic E-state index is -0.519. The van der Waals surface area contributed by atoms with E-state index in [-0.39, 0.29) is 29.5 Å². The van der Waals surface area contributed by atoms with Crippen LogP contribution in [0.1, 0.15) is 18.4 Å². The lowest BCUT2D eigenvalue weighted by atomic mass is 10.0. The Kier molecular flexibility index (Phi) is 4.25. The zero-order chi connectivity index (χ0) is 16.6. The highest BCUT2D eigenvalue weighted by atomic mass is 32.2. The van der Waals surface area contributed by atoms with Gasteiger partial charge in [0.2, 0.25) is 5.91 Å². The monoisotopic (exact) mass is 336 g/mol. The van der Waals surface area contributed by atoms with Crippen molar-refractivity contribution < 1.29 is 19.2 Å². The molecule has 2 saturated heterocycles. The number of amides is 1. The number of esters is 1. The van der Waals surface area contributed by atoms with E-state index in [4.69, 9.17) is 4.74 Å². The molecule has 2 aliphatic rings. The van der Waals surface area contributed by atoms with Gasteiger partial charge in [-0.1, -0.05) is 0 Å². The van der Waals surface area contributed by atoms with E-state index in [0.29, 0.717) is 12.0 Å². The van der Waals surface area contributed by atoms with E-state index in [1.165, 1.54) is 12.1 Å². The molecule has 0 bridgehead atoms. The molecule has 0 N–H and O–H groups in total. The molecule has 7 nitrogen and oxygen atoms in total. The largest absolute Gasteiger partial charge is 0.459 e. The summed E-state index contributed by atoms with van der Waals surface area (Å²) in [7, 11) is 0. The van der Waals surface area contributed by atoms with Crippen LogP contribution in [0, 0.1) is 10.1 Å². The molecule has 1 aromatic carbocycles. The lowest BCUT2D eigenvalue weighted by Crippen LogP contribution is -2.55. The molecule has 0 radical (unpaired) electrons. The average molecular weight is 336 g/mol. The van der Waals surface area contributed by atoms with Gasteiger partial charge in [-0.15, -0.1) is 0 Å². The fourth-order valence-electron chi connectivity index (χ4n) is 3.10. The van der Waals surface area contributed by atoms with E-state index >= 15 is 0 Å². The summed E-state index contributed by atoms with van der Waals surface area (Å²) in [5, 5.41) is 10.7. The number of hydrogen-bond donors (Lipinski definition) is 0. The Labute approximate surface area is 137 Å². The Morgan fingerprint density at radius 1 is 1.43 bits per heavy atom. The summed E-state index contributed by atoms with van der Waals surface area (Å²) in [5.41, 5.74) is 0.668. The fraction of sp³-hybridized carbons (Fsp3) is 0.467. The zero-order valence-corrected chi connectivity index (χ0v) is 13.3. The number of carbonyl (C=O) groups is 2. The minimum Gasteiger partial charge on any atom is -0.459 e. The van der Waals surface area contributed by atoms with Crippen molar-refractivity contribution in [3.8, 4) is 0 Å². The summed E-state index contributed by atoms with van der Waals surface area (Å²) >= 11 is 1.58. The average Bonchev–Trinajstić information content (AvgIpc) is 2.85. The number of ether oxygens (including phenoxy) is 1. The van der Waals surface area contributed by atoms with Crippen molar-refractivity contribution in [1.29, 1.82) is 0 Å². The van der Waals surface area contributed by atoms with Gasteiger partial charge in [-0.25, -0.2) is 4.79 Å². The molecule has 8 heteroatoms. The molecule has 3 atom stereocenters. The van der Waals surface area contributed by atoms with Crippen LogP contribution in [0.4, 0.5) is 5.69 Å². The second kappa shape index (κ2) is 6.19. The summed E-state index contributed by atoms with van der Waals surface area (Å²) in [6.07, 6.45) is 3.27. The highest BCUT2D eigenvalue weighted by Crippen LogP contribution is 2.40. The van der Waals surface area contributed by atoms with Gasteiger partial charge in [0, 0.05) is 29.8 Å². The molecule has 0 aromatic heterocycles. The Morgan fingerprint density at radius 2 is 2.13 bits per heavy atom. The maximum atomic E-state index is 12.4. The molecular formula is C15H16N2O5S. The van der Waals surface area contributed by atoms with E-state index in [2.05, 4.69) is 0 Å². The van der Waals surface area contributed by atoms with E-state index < -0.39 is 16.9 Å². The number of nitro benzene ring substituents is 1. The molecule has 1 amide bonds. The van der Waals surface area contributed by atoms with Gasteiger partial charge in [0.05, 0.1) is 4.92 Å². The molecule has 3 rings (SSSR count). The van der Waals surface area contributed by atoms with Gasteiger partial charge in [0.1, 0.15) is 12.6 Å². The molecule has 2 heterocycles. The molecule has 0 saturated carbocycles. The highest BCUT2D eigenvalue weighted by Gasteiger charge is 2.54. The predicted octanol–water partition coefficient (Wildman–Crippen LogP) is 1.74. The SMILES string of the molecule is CS[C@@H]1CC2CC(=O)N2[C@H]1C(=O)OCc1ccc([N+](=O)[O-])cc1. The lowest BCUT2D eigenvalue weighted by molar-refractivity contribution is -0.384. The van der Waals surface area contributed by atoms with Crippen LogP contribution in [0.5, 0.6) is 0 Å². The first-order chi connectivity index (χ1) is 11.0. The normalized spacial score (nSPS) is 25.7. The van der Waals surface area contributed by atoms with E-state index in [1.807, 2.05) is 6.26 Å². The van der Waals surface area contributed by atoms with Crippen LogP contribution in [0.3, 0.4) is 0 Å². The first-order valence-corrected chi connectivity index (χ1v) is 8.54. The molecule has 23 heavy (non-hydrogen) atoms. The molecule has 122 valence electrons. The van der Waals surface area contributed by atoms with Gasteiger partial charge < -0.3 is 9.64 Å². The third kappa shape index (κ3) is 2.90. The number of nitrogens with zero attached hydrogens (tertiary/aromatic N) is 2. The summed E-state index contributed by atoms with van der Waals surface area (Å²) < 4.78 is 5.33. The minimum absolute atomic E-state index is 0.00355. The Hall–Kier alpha value is -2.09. The van der Waals surface area contributed by atoms with Gasteiger partial charge in [-0.05, 0) is 30.4 Å². The fourth-order valence-corrected chi connectivity index (χ4v) is 4.01. The van der Waals surface area contributed by atoms with Crippen molar-refractivity contribution in [2.24, 2.45) is 0 Å². The third-order valence-corrected chi connectivity index (χ3v) is 5.38. The number of thioether (sulfide) groups is 1. The predicted molar refractivity (Wildman–Crippen MR) is 83.9 cm³/mol. The number of hydrogen-bond acceptors (Lipinski definition) is 6. The highest BCUT2D eigenvalue weighted by molar-refractivity contribution is 7.99. The number of carbonyl (C=O) groups excluding carboxylic acids is 2. The zero-order valence-electron chi connectivity index (χ0n) is 12.5. The van der Waals surface area contributed by atoms with Gasteiger partial charge >= 0.3 is 5.97 Å². The van der Waals surface area contributed by atoms with E-state index in [1.54, 1.807) is 28.8 Å². The lowest BCUT2D eigenvalue weighted by Gasteiger charge is -2.37. The van der Waals surface area contributed by atoms with Gasteiger partial charge in [0.25, 0.3) is 5.69 Å². The molecule has 1 aromatic rings. The van der Waals surface area contributed by atoms with Crippen LogP contribution in [0.2, 0.25) is 0 Å². The van der Waals surface area contributed by atoms with Crippen molar-refractivity contribution >= 4 is 29.3 Å². The van der Waals surface area contributed by atoms with Crippen LogP contribution < -0.4 is 0 Å². The van der Waals surface area contributed by atoms with Crippen molar-refractivity contribution in [1.82, 2.24) is 4.90 Å². The summed E-state index contributed by atoms with van der Waals surface area (Å²) in [6, 6.07) is 5.51. The standard InChI is InChI=1S/C15H16N2O5S/c1-23-12-6-11-7-13(18)16(11)14(12)15(19)22-8-9-2-4-10(5-3-9)17(20)21/h2-5,11-12,14H,6-8H2,1H3/t11?,12-,14-/m1/s1. The van der Waals surface area contributed by atoms with Crippen LogP contribution in [0.15, 0.2) is 24.3 Å². The van der Waals surface area contributed by atoms with Gasteiger partial charge in [-0.3, -0.25) is 14.9 Å². The first-order valence-electron chi connectivity index (χ1n) is 7.25. The Balaban J connectivity index is 1.62. The number of benzene rings is 1. The van der Waals surface area contributed by atoms with Gasteiger partial charge in [-0.2, -0.15) is 11.8 Å². The second-order valence-corrected chi connectivity index (χ2v) is 6.72. The topological polar surface area (TPSA) is 89.8 Å². The Morgan fingerprint density at radius 3 is 2.70 bits per heavy atom. The third-order valence-electron chi connectivity index (χ3n) is 4.32. The van der Waals surface area contributed by atoms with Crippen LogP contribution in [-0.4, -0.2) is 45.3 Å². The van der Waals surface area contributed by atoms with Crippen LogP contribution in [0.25, 0.3) is 0 Å². The molecule has 0 aliphatic carbocycles. The van der Waals surface area contributed by atoms with Crippen molar-refractivity contribution in [3.63, 3.8) is 0 Å². The van der Waals surface area contributed by atoms with E-state index in [9.17, 15) is 19.7 Å². The van der Waals surface area contributed by atoms with Crippen LogP contribution in [-0.2, 0) is 20.9 Å². The van der Waals surface area contributed by atoms with Crippen molar-refractivity contribution in [2.45, 2.75) is 36.8 Å². The number of rotatable bonds is 5. The Bertz CT molecular complexity index is 648. The molecular weight excluding hydrogens is 320 g/mol. The molecule has 2 fully saturated rings. The number of nitro groups is 1. The number of β-lactam (4-membered cyclic amide) rings is 1. The summed E-state index contributed by atoms with van der Waals surface area (Å²) in [4.78, 5) is 35.8. The van der Waals surface area contributed by atoms with Crippen LogP contribution >= 0.6 is 11.8 Å². The van der Waals surface area contributed by atoms with Crippen molar-refractivity contribution in [2.75, 3.05) is 6.26 Å². The quantitative estimate of drug-likeness (QED) is 0.352. The summed E-state index contributed by atoms with van der Waals surface area (Å²) in [5.74, 6) is -0.401. The van der Waals surface area contributed by atoms with E-state index in [0.717, 1.165) is 6.42 Å². The second-order valence-electron chi connectivity index (χ2n) is 5.64. The smallest absolute Gasteiger partial charge is 0.330 e. The van der Waals surface area contributed by atoms with Crippen molar-refractivity contribution in [3.05, 3.63) is 39.9 Å². The molecule has 1 unspecified atom stereocenters. The number of fused-ring (bicyclic) bond motifs is 1. The first kappa shape index (κ1) is 15.8. The maximum absolute atomic E-state index is 12.4. The summed E-state index contributed by atoms with van der Waals surface area (Å²) in [6.45, 7) is 0.0428. The maximum Gasteiger partial charge on any atom is 0.330 e. The number of non-ortho nitro benzene ring substituents is 1. The molecule has 0 spiro atoms. The molecule has 2 aliphatic heterocycles. The van der Waals surface area contributed by atoms with Gasteiger partial charge in [0.15, 0.2) is 0 Å².